The summed E-state index contributed by atoms with van der Waals surface area (Å²) in [6.07, 6.45) is 0.918. The number of halogens is 1. The lowest BCUT2D eigenvalue weighted by molar-refractivity contribution is 0.937. The van der Waals surface area contributed by atoms with Gasteiger partial charge in [0.25, 0.3) is 0 Å². The Morgan fingerprint density at radius 1 is 1.45 bits per heavy atom. The van der Waals surface area contributed by atoms with Gasteiger partial charge in [0.2, 0.25) is 0 Å². The standard InChI is InChI=1S/C9H10ClSi/c1-7(10)6-8-4-2-3-5-9(8)11/h2-5,7H,6H2,1H3. The zero-order valence-electron chi connectivity index (χ0n) is 6.47. The van der Waals surface area contributed by atoms with Crippen LogP contribution in [0.25, 0.3) is 0 Å². The van der Waals surface area contributed by atoms with Gasteiger partial charge in [-0.25, -0.2) is 0 Å². The molecule has 1 aromatic carbocycles. The van der Waals surface area contributed by atoms with Gasteiger partial charge in [-0.1, -0.05) is 29.5 Å². The number of hydrogen-bond donors (Lipinski definition) is 0. The molecule has 1 aromatic rings. The molecule has 1 unspecified atom stereocenters. The van der Waals surface area contributed by atoms with E-state index in [2.05, 4.69) is 16.3 Å². The Kier molecular flexibility index (Phi) is 3.15. The first-order valence-corrected chi connectivity index (χ1v) is 4.57. The molecule has 0 amide bonds. The molecule has 0 fully saturated rings. The summed E-state index contributed by atoms with van der Waals surface area (Å²) in [5.41, 5.74) is 1.27. The predicted molar refractivity (Wildman–Crippen MR) is 50.8 cm³/mol. The van der Waals surface area contributed by atoms with E-state index >= 15 is 0 Å². The minimum atomic E-state index is 0.201. The maximum atomic E-state index is 5.86. The molecule has 0 aliphatic carbocycles. The number of benzene rings is 1. The summed E-state index contributed by atoms with van der Waals surface area (Å²) in [5, 5.41) is 1.34. The van der Waals surface area contributed by atoms with Gasteiger partial charge in [-0.05, 0) is 18.9 Å². The summed E-state index contributed by atoms with van der Waals surface area (Å²) in [6, 6.07) is 8.15. The quantitative estimate of drug-likeness (QED) is 0.481. The van der Waals surface area contributed by atoms with Crippen LogP contribution < -0.4 is 5.19 Å². The maximum Gasteiger partial charge on any atom is 0.0715 e. The van der Waals surface area contributed by atoms with E-state index in [9.17, 15) is 0 Å². The lowest BCUT2D eigenvalue weighted by Gasteiger charge is -2.05. The van der Waals surface area contributed by atoms with Crippen LogP contribution in [0.5, 0.6) is 0 Å². The van der Waals surface area contributed by atoms with Crippen molar-refractivity contribution < 1.29 is 0 Å². The van der Waals surface area contributed by atoms with Gasteiger partial charge in [-0.15, -0.1) is 11.6 Å². The highest BCUT2D eigenvalue weighted by Crippen LogP contribution is 2.04. The van der Waals surface area contributed by atoms with Crippen molar-refractivity contribution in [3.05, 3.63) is 29.8 Å². The van der Waals surface area contributed by atoms with Crippen LogP contribution in [0.2, 0.25) is 0 Å². The smallest absolute Gasteiger partial charge is 0.0715 e. The SMILES string of the molecule is CC(Cl)Cc1ccccc1[Si]. The molecule has 0 spiro atoms. The predicted octanol–water partition coefficient (Wildman–Crippen LogP) is 1.65. The van der Waals surface area contributed by atoms with E-state index in [0.29, 0.717) is 0 Å². The topological polar surface area (TPSA) is 0 Å². The Bertz CT molecular complexity index is 233. The molecule has 11 heavy (non-hydrogen) atoms. The minimum Gasteiger partial charge on any atom is -0.123 e. The van der Waals surface area contributed by atoms with Gasteiger partial charge >= 0.3 is 0 Å². The second kappa shape index (κ2) is 3.93. The molecule has 1 atom stereocenters. The summed E-state index contributed by atoms with van der Waals surface area (Å²) in [7, 11) is 3.52. The Hall–Kier alpha value is -0.273. The Morgan fingerprint density at radius 3 is 2.64 bits per heavy atom. The first kappa shape index (κ1) is 8.82. The molecule has 3 radical (unpaired) electrons. The highest BCUT2D eigenvalue weighted by atomic mass is 35.5. The Morgan fingerprint density at radius 2 is 2.09 bits per heavy atom. The third kappa shape index (κ3) is 2.68. The monoisotopic (exact) mass is 181 g/mol. The van der Waals surface area contributed by atoms with Crippen LogP contribution in [-0.2, 0) is 6.42 Å². The molecule has 0 aliphatic heterocycles. The molecule has 0 heterocycles. The van der Waals surface area contributed by atoms with Crippen LogP contribution in [0, 0.1) is 0 Å². The van der Waals surface area contributed by atoms with Crippen molar-refractivity contribution in [2.45, 2.75) is 18.7 Å². The summed E-state index contributed by atoms with van der Waals surface area (Å²) >= 11 is 5.86. The largest absolute Gasteiger partial charge is 0.123 e. The van der Waals surface area contributed by atoms with Gasteiger partial charge in [-0.3, -0.25) is 0 Å². The summed E-state index contributed by atoms with van der Waals surface area (Å²) in [4.78, 5) is 0. The van der Waals surface area contributed by atoms with Crippen LogP contribution in [0.4, 0.5) is 0 Å². The van der Waals surface area contributed by atoms with E-state index in [-0.39, 0.29) is 5.38 Å². The molecule has 0 aliphatic rings. The molecule has 0 aromatic heterocycles. The summed E-state index contributed by atoms with van der Waals surface area (Å²) in [6.45, 7) is 2.00. The van der Waals surface area contributed by atoms with E-state index < -0.39 is 0 Å². The van der Waals surface area contributed by atoms with Crippen LogP contribution in [0.3, 0.4) is 0 Å². The van der Waals surface area contributed by atoms with Crippen LogP contribution in [0.1, 0.15) is 12.5 Å². The normalized spacial score (nSPS) is 13.0. The first-order valence-electron chi connectivity index (χ1n) is 3.63. The van der Waals surface area contributed by atoms with Gasteiger partial charge in [-0.2, -0.15) is 0 Å². The fraction of sp³-hybridized carbons (Fsp3) is 0.333. The molecule has 0 nitrogen and oxygen atoms in total. The maximum absolute atomic E-state index is 5.86. The van der Waals surface area contributed by atoms with E-state index in [4.69, 9.17) is 11.6 Å². The van der Waals surface area contributed by atoms with Crippen molar-refractivity contribution in [2.75, 3.05) is 0 Å². The lowest BCUT2D eigenvalue weighted by atomic mass is 10.1. The van der Waals surface area contributed by atoms with E-state index in [0.717, 1.165) is 11.6 Å². The molecule has 2 heteroatoms. The van der Waals surface area contributed by atoms with Crippen molar-refractivity contribution in [1.29, 1.82) is 0 Å². The third-order valence-corrected chi connectivity index (χ3v) is 2.16. The van der Waals surface area contributed by atoms with Gasteiger partial charge < -0.3 is 0 Å². The van der Waals surface area contributed by atoms with Crippen molar-refractivity contribution in [2.24, 2.45) is 0 Å². The molecule has 0 saturated carbocycles. The molecule has 57 valence electrons. The zero-order valence-corrected chi connectivity index (χ0v) is 8.23. The average Bonchev–Trinajstić information content (AvgIpc) is 1.93. The second-order valence-corrected chi connectivity index (χ2v) is 3.93. The van der Waals surface area contributed by atoms with Crippen molar-refractivity contribution >= 4 is 27.0 Å². The zero-order chi connectivity index (χ0) is 8.27. The van der Waals surface area contributed by atoms with Gasteiger partial charge in [0.05, 0.1) is 10.2 Å². The fourth-order valence-corrected chi connectivity index (χ4v) is 1.45. The molecule has 0 N–H and O–H groups in total. The number of alkyl halides is 1. The highest BCUT2D eigenvalue weighted by molar-refractivity contribution is 6.33. The van der Waals surface area contributed by atoms with E-state index in [1.54, 1.807) is 0 Å². The van der Waals surface area contributed by atoms with E-state index in [1.165, 1.54) is 5.56 Å². The Labute approximate surface area is 76.0 Å². The number of hydrogen-bond acceptors (Lipinski definition) is 0. The average molecular weight is 182 g/mol. The van der Waals surface area contributed by atoms with Crippen LogP contribution >= 0.6 is 11.6 Å². The summed E-state index contributed by atoms with van der Waals surface area (Å²) in [5.74, 6) is 0. The lowest BCUT2D eigenvalue weighted by Crippen LogP contribution is -2.12. The molecular formula is C9H10ClSi. The van der Waals surface area contributed by atoms with Crippen molar-refractivity contribution in [3.63, 3.8) is 0 Å². The molecule has 0 bridgehead atoms. The third-order valence-electron chi connectivity index (χ3n) is 1.52. The number of rotatable bonds is 2. The Balaban J connectivity index is 2.78. The molecule has 1 rings (SSSR count). The van der Waals surface area contributed by atoms with Crippen molar-refractivity contribution in [3.8, 4) is 0 Å². The van der Waals surface area contributed by atoms with Gasteiger partial charge in [0, 0.05) is 5.38 Å². The van der Waals surface area contributed by atoms with Gasteiger partial charge in [0.15, 0.2) is 0 Å². The molecular weight excluding hydrogens is 172 g/mol. The van der Waals surface area contributed by atoms with Crippen LogP contribution in [0.15, 0.2) is 24.3 Å². The van der Waals surface area contributed by atoms with E-state index in [1.807, 2.05) is 25.1 Å². The fourth-order valence-electron chi connectivity index (χ4n) is 1.00. The van der Waals surface area contributed by atoms with Gasteiger partial charge in [0.1, 0.15) is 0 Å². The van der Waals surface area contributed by atoms with Crippen molar-refractivity contribution in [1.82, 2.24) is 0 Å². The minimum absolute atomic E-state index is 0.201. The summed E-state index contributed by atoms with van der Waals surface area (Å²) < 4.78 is 0. The second-order valence-electron chi connectivity index (χ2n) is 2.64. The van der Waals surface area contributed by atoms with Crippen LogP contribution in [-0.4, -0.2) is 15.6 Å². The molecule has 0 saturated heterocycles. The first-order chi connectivity index (χ1) is 5.20. The highest BCUT2D eigenvalue weighted by Gasteiger charge is 2.00.